The van der Waals surface area contributed by atoms with E-state index in [1.165, 1.54) is 0 Å². The number of fused-ring (bicyclic) bond motifs is 1. The van der Waals surface area contributed by atoms with Gasteiger partial charge >= 0.3 is 5.97 Å². The van der Waals surface area contributed by atoms with Gasteiger partial charge in [-0.3, -0.25) is 0 Å². The average molecular weight is 343 g/mol. The first kappa shape index (κ1) is 16.4. The van der Waals surface area contributed by atoms with Gasteiger partial charge in [-0.25, -0.2) is 4.79 Å². The number of carboxylic acid groups (broad SMARTS) is 1. The largest absolute Gasteiger partial charge is 0.486 e. The van der Waals surface area contributed by atoms with Gasteiger partial charge in [-0.15, -0.1) is 0 Å². The number of carbonyl (C=O) groups is 1. The molecule has 0 bridgehead atoms. The van der Waals surface area contributed by atoms with Crippen LogP contribution in [0.3, 0.4) is 0 Å². The minimum Gasteiger partial charge on any atom is -0.486 e. The zero-order chi connectivity index (χ0) is 17.8. The summed E-state index contributed by atoms with van der Waals surface area (Å²) in [7, 11) is 0. The van der Waals surface area contributed by atoms with Crippen LogP contribution < -0.4 is 20.5 Å². The smallest absolute Gasteiger partial charge is 0.330 e. The number of ether oxygens (including phenoxy) is 2. The fourth-order valence-electron chi connectivity index (χ4n) is 2.49. The fourth-order valence-corrected chi connectivity index (χ4v) is 2.49. The molecule has 8 nitrogen and oxygen atoms in total. The third-order valence-corrected chi connectivity index (χ3v) is 3.75. The molecule has 5 N–H and O–H groups in total. The molecule has 1 atom stereocenters. The number of hydrogen-bond donors (Lipinski definition) is 4. The number of nitrogens with two attached hydrogens (primary N) is 1. The maximum Gasteiger partial charge on any atom is 0.330 e. The highest BCUT2D eigenvalue weighted by Crippen LogP contribution is 2.33. The van der Waals surface area contributed by atoms with Gasteiger partial charge in [0.15, 0.2) is 23.4 Å². The number of nitrogens with one attached hydrogen (secondary N) is 1. The maximum absolute atomic E-state index is 11.7. The van der Waals surface area contributed by atoms with E-state index < -0.39 is 12.0 Å². The van der Waals surface area contributed by atoms with Gasteiger partial charge in [0.05, 0.1) is 0 Å². The normalized spacial score (nSPS) is 14.6. The van der Waals surface area contributed by atoms with Crippen LogP contribution in [0.25, 0.3) is 0 Å². The second kappa shape index (κ2) is 7.00. The quantitative estimate of drug-likeness (QED) is 0.282. The Kier molecular flexibility index (Phi) is 4.60. The van der Waals surface area contributed by atoms with E-state index in [9.17, 15) is 9.90 Å². The van der Waals surface area contributed by atoms with Crippen LogP contribution in [0.15, 0.2) is 47.6 Å². The van der Waals surface area contributed by atoms with Crippen molar-refractivity contribution in [1.29, 1.82) is 0 Å². The molecule has 1 aliphatic rings. The SMILES string of the molecule is NC(=NO)c1ccc(NC(C(=O)O)c2ccc3c(c2)OCCO3)cc1. The Morgan fingerprint density at radius 2 is 1.80 bits per heavy atom. The Balaban J connectivity index is 1.83. The molecular formula is C17H17N3O5. The zero-order valence-corrected chi connectivity index (χ0v) is 13.2. The highest BCUT2D eigenvalue weighted by atomic mass is 16.6. The number of carboxylic acids is 1. The summed E-state index contributed by atoms with van der Waals surface area (Å²) in [5.41, 5.74) is 7.16. The highest BCUT2D eigenvalue weighted by Gasteiger charge is 2.22. The monoisotopic (exact) mass is 343 g/mol. The molecule has 1 unspecified atom stereocenters. The molecule has 0 amide bonds. The number of rotatable bonds is 5. The molecule has 0 saturated carbocycles. The second-order valence-corrected chi connectivity index (χ2v) is 5.38. The molecule has 130 valence electrons. The van der Waals surface area contributed by atoms with Crippen molar-refractivity contribution in [2.45, 2.75) is 6.04 Å². The van der Waals surface area contributed by atoms with E-state index >= 15 is 0 Å². The molecule has 1 heterocycles. The molecule has 25 heavy (non-hydrogen) atoms. The van der Waals surface area contributed by atoms with Crippen molar-refractivity contribution in [1.82, 2.24) is 0 Å². The maximum atomic E-state index is 11.7. The molecule has 3 rings (SSSR count). The molecule has 1 aliphatic heterocycles. The van der Waals surface area contributed by atoms with Gasteiger partial charge in [0.2, 0.25) is 0 Å². The lowest BCUT2D eigenvalue weighted by Crippen LogP contribution is -2.21. The summed E-state index contributed by atoms with van der Waals surface area (Å²) >= 11 is 0. The van der Waals surface area contributed by atoms with Crippen LogP contribution in [0.1, 0.15) is 17.2 Å². The Bertz CT molecular complexity index is 804. The van der Waals surface area contributed by atoms with E-state index in [1.54, 1.807) is 42.5 Å². The van der Waals surface area contributed by atoms with Crippen LogP contribution in [0.5, 0.6) is 11.5 Å². The lowest BCUT2D eigenvalue weighted by Gasteiger charge is -2.21. The number of anilines is 1. The first-order valence-corrected chi connectivity index (χ1v) is 7.55. The van der Waals surface area contributed by atoms with Gasteiger partial charge in [-0.2, -0.15) is 0 Å². The van der Waals surface area contributed by atoms with Crippen molar-refractivity contribution in [2.24, 2.45) is 10.9 Å². The van der Waals surface area contributed by atoms with Crippen molar-refractivity contribution < 1.29 is 24.6 Å². The van der Waals surface area contributed by atoms with Crippen molar-refractivity contribution in [3.63, 3.8) is 0 Å². The third-order valence-electron chi connectivity index (χ3n) is 3.75. The third kappa shape index (κ3) is 3.57. The van der Waals surface area contributed by atoms with Crippen LogP contribution in [-0.4, -0.2) is 35.3 Å². The molecule has 0 saturated heterocycles. The lowest BCUT2D eigenvalue weighted by molar-refractivity contribution is -0.138. The fraction of sp³-hybridized carbons (Fsp3) is 0.176. The Labute approximate surface area is 143 Å². The number of aliphatic carboxylic acids is 1. The summed E-state index contributed by atoms with van der Waals surface area (Å²) in [5.74, 6) is 0.0756. The number of hydrogen-bond acceptors (Lipinski definition) is 6. The van der Waals surface area contributed by atoms with Crippen LogP contribution in [0.4, 0.5) is 5.69 Å². The van der Waals surface area contributed by atoms with Gasteiger partial charge in [0.25, 0.3) is 0 Å². The zero-order valence-electron chi connectivity index (χ0n) is 13.2. The van der Waals surface area contributed by atoms with E-state index in [-0.39, 0.29) is 5.84 Å². The van der Waals surface area contributed by atoms with Crippen molar-refractivity contribution in [2.75, 3.05) is 18.5 Å². The Hall–Kier alpha value is -3.42. The summed E-state index contributed by atoms with van der Waals surface area (Å²) in [6.45, 7) is 0.899. The highest BCUT2D eigenvalue weighted by molar-refractivity contribution is 5.97. The van der Waals surface area contributed by atoms with Gasteiger partial charge < -0.3 is 30.8 Å². The standard InChI is InChI=1S/C17H17N3O5/c18-16(20-23)10-1-4-12(5-2-10)19-15(17(21)22)11-3-6-13-14(9-11)25-8-7-24-13/h1-6,9,15,19,23H,7-8H2,(H2,18,20)(H,21,22). The molecule has 0 spiro atoms. The Morgan fingerprint density at radius 1 is 1.12 bits per heavy atom. The predicted octanol–water partition coefficient (Wildman–Crippen LogP) is 1.79. The molecule has 0 radical (unpaired) electrons. The number of nitrogens with zero attached hydrogens (tertiary/aromatic N) is 1. The summed E-state index contributed by atoms with van der Waals surface area (Å²) < 4.78 is 10.9. The van der Waals surface area contributed by atoms with Crippen molar-refractivity contribution >= 4 is 17.5 Å². The molecule has 2 aromatic rings. The summed E-state index contributed by atoms with van der Waals surface area (Å²) in [4.78, 5) is 11.7. The van der Waals surface area contributed by atoms with E-state index in [0.717, 1.165) is 0 Å². The Morgan fingerprint density at radius 3 is 2.44 bits per heavy atom. The first-order chi connectivity index (χ1) is 12.1. The second-order valence-electron chi connectivity index (χ2n) is 5.38. The lowest BCUT2D eigenvalue weighted by atomic mass is 10.1. The average Bonchev–Trinajstić information content (AvgIpc) is 2.65. The molecule has 8 heteroatoms. The minimum atomic E-state index is -1.03. The molecule has 2 aromatic carbocycles. The van der Waals surface area contributed by atoms with E-state index in [4.69, 9.17) is 20.4 Å². The number of benzene rings is 2. The summed E-state index contributed by atoms with van der Waals surface area (Å²) in [5, 5.41) is 24.1. The van der Waals surface area contributed by atoms with Gasteiger partial charge in [0.1, 0.15) is 13.2 Å². The van der Waals surface area contributed by atoms with E-state index in [2.05, 4.69) is 10.5 Å². The van der Waals surface area contributed by atoms with Crippen LogP contribution in [0.2, 0.25) is 0 Å². The van der Waals surface area contributed by atoms with E-state index in [1.807, 2.05) is 0 Å². The van der Waals surface area contributed by atoms with Crippen LogP contribution in [0, 0.1) is 0 Å². The number of amidine groups is 1. The molecule has 0 aliphatic carbocycles. The van der Waals surface area contributed by atoms with Crippen LogP contribution >= 0.6 is 0 Å². The van der Waals surface area contributed by atoms with Crippen molar-refractivity contribution in [3.05, 3.63) is 53.6 Å². The molecule has 0 aromatic heterocycles. The van der Waals surface area contributed by atoms with Crippen LogP contribution in [-0.2, 0) is 4.79 Å². The minimum absolute atomic E-state index is 0.0202. The summed E-state index contributed by atoms with van der Waals surface area (Å²) in [6.07, 6.45) is 0. The number of oxime groups is 1. The molecule has 0 fully saturated rings. The molecular weight excluding hydrogens is 326 g/mol. The van der Waals surface area contributed by atoms with Crippen molar-refractivity contribution in [3.8, 4) is 11.5 Å². The van der Waals surface area contributed by atoms with Gasteiger partial charge in [-0.05, 0) is 42.0 Å². The summed E-state index contributed by atoms with van der Waals surface area (Å²) in [6, 6.07) is 10.6. The van der Waals surface area contributed by atoms with Gasteiger partial charge in [-0.1, -0.05) is 11.2 Å². The predicted molar refractivity (Wildman–Crippen MR) is 90.4 cm³/mol. The van der Waals surface area contributed by atoms with E-state index in [0.29, 0.717) is 41.5 Å². The topological polar surface area (TPSA) is 126 Å². The first-order valence-electron chi connectivity index (χ1n) is 7.55. The van der Waals surface area contributed by atoms with Gasteiger partial charge in [0, 0.05) is 11.3 Å².